The van der Waals surface area contributed by atoms with Gasteiger partial charge in [-0.05, 0) is 51.5 Å². The Morgan fingerprint density at radius 1 is 1.18 bits per heavy atom. The van der Waals surface area contributed by atoms with Crippen molar-refractivity contribution in [1.82, 2.24) is 0 Å². The maximum absolute atomic E-state index is 12.0. The molecule has 22 heavy (non-hydrogen) atoms. The molecule has 0 aliphatic carbocycles. The van der Waals surface area contributed by atoms with Gasteiger partial charge in [-0.3, -0.25) is 4.79 Å². The first-order valence-corrected chi connectivity index (χ1v) is 7.46. The van der Waals surface area contributed by atoms with Crippen molar-refractivity contribution >= 4 is 17.6 Å². The van der Waals surface area contributed by atoms with Gasteiger partial charge in [0.2, 0.25) is 0 Å². The number of carbonyl (C=O) groups is 2. The zero-order valence-corrected chi connectivity index (χ0v) is 13.6. The summed E-state index contributed by atoms with van der Waals surface area (Å²) in [7, 11) is 1.42. The van der Waals surface area contributed by atoms with E-state index in [1.165, 1.54) is 7.11 Å². The highest BCUT2D eigenvalue weighted by atomic mass is 16.6. The summed E-state index contributed by atoms with van der Waals surface area (Å²) in [4.78, 5) is 25.7. The molecule has 1 fully saturated rings. The number of hydrogen-bond acceptors (Lipinski definition) is 5. The van der Waals surface area contributed by atoms with Crippen molar-refractivity contribution in [3.05, 3.63) is 29.8 Å². The molecule has 1 aromatic rings. The minimum Gasteiger partial charge on any atom is -0.469 e. The lowest BCUT2D eigenvalue weighted by atomic mass is 10.1. The maximum Gasteiger partial charge on any atom is 0.338 e. The quantitative estimate of drug-likeness (QED) is 0.804. The monoisotopic (exact) mass is 305 g/mol. The van der Waals surface area contributed by atoms with E-state index in [1.54, 1.807) is 12.1 Å². The summed E-state index contributed by atoms with van der Waals surface area (Å²) in [5.41, 5.74) is 1.03. The van der Waals surface area contributed by atoms with Crippen LogP contribution < -0.4 is 4.90 Å². The van der Waals surface area contributed by atoms with Crippen LogP contribution in [0.1, 0.15) is 37.6 Å². The van der Waals surface area contributed by atoms with Crippen LogP contribution >= 0.6 is 0 Å². The summed E-state index contributed by atoms with van der Waals surface area (Å²) in [6.45, 7) is 6.99. The average molecular weight is 305 g/mol. The fourth-order valence-electron chi connectivity index (χ4n) is 2.50. The van der Waals surface area contributed by atoms with Crippen LogP contribution in [0.5, 0.6) is 0 Å². The second-order valence-corrected chi connectivity index (χ2v) is 6.50. The maximum atomic E-state index is 12.0. The largest absolute Gasteiger partial charge is 0.469 e. The van der Waals surface area contributed by atoms with Crippen molar-refractivity contribution < 1.29 is 19.1 Å². The van der Waals surface area contributed by atoms with Gasteiger partial charge in [-0.15, -0.1) is 0 Å². The molecule has 0 bridgehead atoms. The number of benzene rings is 1. The SMILES string of the molecule is COC(=O)[C@@H]1CCN(c2ccc(C(=O)OC(C)(C)C)cc2)C1. The number of hydrogen-bond donors (Lipinski definition) is 0. The van der Waals surface area contributed by atoms with E-state index in [9.17, 15) is 9.59 Å². The van der Waals surface area contributed by atoms with E-state index < -0.39 is 5.60 Å². The van der Waals surface area contributed by atoms with Gasteiger partial charge in [-0.1, -0.05) is 0 Å². The average Bonchev–Trinajstić information content (AvgIpc) is 2.94. The Morgan fingerprint density at radius 3 is 2.36 bits per heavy atom. The molecular weight excluding hydrogens is 282 g/mol. The van der Waals surface area contributed by atoms with Gasteiger partial charge in [0, 0.05) is 18.8 Å². The van der Waals surface area contributed by atoms with Crippen LogP contribution in [-0.2, 0) is 14.3 Å². The van der Waals surface area contributed by atoms with Gasteiger partial charge in [0.25, 0.3) is 0 Å². The lowest BCUT2D eigenvalue weighted by molar-refractivity contribution is -0.144. The summed E-state index contributed by atoms with van der Waals surface area (Å²) < 4.78 is 10.1. The summed E-state index contributed by atoms with van der Waals surface area (Å²) in [6, 6.07) is 7.29. The minimum atomic E-state index is -0.502. The molecular formula is C17H23NO4. The molecule has 120 valence electrons. The third kappa shape index (κ3) is 4.00. The number of carbonyl (C=O) groups excluding carboxylic acids is 2. The molecule has 1 heterocycles. The Morgan fingerprint density at radius 2 is 1.82 bits per heavy atom. The molecule has 2 rings (SSSR count). The second kappa shape index (κ2) is 6.38. The molecule has 5 nitrogen and oxygen atoms in total. The van der Waals surface area contributed by atoms with Crippen LogP contribution in [-0.4, -0.2) is 37.7 Å². The Hall–Kier alpha value is -2.04. The third-order valence-electron chi connectivity index (χ3n) is 3.59. The Bertz CT molecular complexity index is 545. The molecule has 0 saturated carbocycles. The molecule has 0 spiro atoms. The predicted molar refractivity (Wildman–Crippen MR) is 83.9 cm³/mol. The highest BCUT2D eigenvalue weighted by Gasteiger charge is 2.29. The number of anilines is 1. The van der Waals surface area contributed by atoms with Gasteiger partial charge >= 0.3 is 11.9 Å². The summed E-state index contributed by atoms with van der Waals surface area (Å²) in [5, 5.41) is 0. The number of methoxy groups -OCH3 is 1. The van der Waals surface area contributed by atoms with Crippen molar-refractivity contribution in [2.45, 2.75) is 32.8 Å². The fourth-order valence-corrected chi connectivity index (χ4v) is 2.50. The molecule has 1 aromatic carbocycles. The van der Waals surface area contributed by atoms with E-state index in [2.05, 4.69) is 4.90 Å². The number of rotatable bonds is 3. The Labute approximate surface area is 131 Å². The smallest absolute Gasteiger partial charge is 0.338 e. The zero-order chi connectivity index (χ0) is 16.3. The molecule has 1 aliphatic heterocycles. The molecule has 0 N–H and O–H groups in total. The van der Waals surface area contributed by atoms with Crippen LogP contribution in [0.4, 0.5) is 5.69 Å². The van der Waals surface area contributed by atoms with Crippen molar-refractivity contribution in [2.75, 3.05) is 25.1 Å². The van der Waals surface area contributed by atoms with E-state index in [0.717, 1.165) is 18.7 Å². The highest BCUT2D eigenvalue weighted by Crippen LogP contribution is 2.25. The van der Waals surface area contributed by atoms with Crippen LogP contribution in [0.2, 0.25) is 0 Å². The standard InChI is InChI=1S/C17H23NO4/c1-17(2,3)22-16(20)12-5-7-14(8-6-12)18-10-9-13(11-18)15(19)21-4/h5-8,13H,9-11H2,1-4H3/t13-/m1/s1. The number of esters is 2. The second-order valence-electron chi connectivity index (χ2n) is 6.50. The van der Waals surface area contributed by atoms with Gasteiger partial charge in [0.05, 0.1) is 18.6 Å². The molecule has 0 amide bonds. The van der Waals surface area contributed by atoms with Crippen LogP contribution in [0.15, 0.2) is 24.3 Å². The molecule has 5 heteroatoms. The topological polar surface area (TPSA) is 55.8 Å². The molecule has 1 atom stereocenters. The molecule has 0 aromatic heterocycles. The Kier molecular flexibility index (Phi) is 4.74. The first kappa shape index (κ1) is 16.3. The molecule has 0 unspecified atom stereocenters. The van der Waals surface area contributed by atoms with Crippen LogP contribution in [0.3, 0.4) is 0 Å². The lowest BCUT2D eigenvalue weighted by Crippen LogP contribution is -2.24. The van der Waals surface area contributed by atoms with Gasteiger partial charge in [-0.2, -0.15) is 0 Å². The molecule has 0 radical (unpaired) electrons. The first-order chi connectivity index (χ1) is 10.3. The van der Waals surface area contributed by atoms with E-state index in [-0.39, 0.29) is 17.9 Å². The first-order valence-electron chi connectivity index (χ1n) is 7.46. The van der Waals surface area contributed by atoms with Gasteiger partial charge in [0.15, 0.2) is 0 Å². The summed E-state index contributed by atoms with van der Waals surface area (Å²) in [5.74, 6) is -0.559. The van der Waals surface area contributed by atoms with Crippen molar-refractivity contribution in [3.8, 4) is 0 Å². The zero-order valence-electron chi connectivity index (χ0n) is 13.6. The van der Waals surface area contributed by atoms with Gasteiger partial charge < -0.3 is 14.4 Å². The Balaban J connectivity index is 2.01. The third-order valence-corrected chi connectivity index (χ3v) is 3.59. The van der Waals surface area contributed by atoms with Crippen molar-refractivity contribution in [3.63, 3.8) is 0 Å². The van der Waals surface area contributed by atoms with E-state index in [0.29, 0.717) is 12.1 Å². The number of nitrogens with zero attached hydrogens (tertiary/aromatic N) is 1. The van der Waals surface area contributed by atoms with Crippen molar-refractivity contribution in [2.24, 2.45) is 5.92 Å². The van der Waals surface area contributed by atoms with Crippen molar-refractivity contribution in [1.29, 1.82) is 0 Å². The predicted octanol–water partition coefficient (Wildman–Crippen LogP) is 2.64. The number of ether oxygens (including phenoxy) is 2. The normalized spacial score (nSPS) is 18.2. The van der Waals surface area contributed by atoms with Gasteiger partial charge in [0.1, 0.15) is 5.60 Å². The lowest BCUT2D eigenvalue weighted by Gasteiger charge is -2.21. The van der Waals surface area contributed by atoms with Crippen LogP contribution in [0, 0.1) is 5.92 Å². The van der Waals surface area contributed by atoms with Crippen LogP contribution in [0.25, 0.3) is 0 Å². The molecule has 1 saturated heterocycles. The van der Waals surface area contributed by atoms with E-state index in [4.69, 9.17) is 9.47 Å². The fraction of sp³-hybridized carbons (Fsp3) is 0.529. The van der Waals surface area contributed by atoms with Gasteiger partial charge in [-0.25, -0.2) is 4.79 Å². The summed E-state index contributed by atoms with van der Waals surface area (Å²) >= 11 is 0. The highest BCUT2D eigenvalue weighted by molar-refractivity contribution is 5.90. The van der Waals surface area contributed by atoms with E-state index >= 15 is 0 Å². The molecule has 1 aliphatic rings. The summed E-state index contributed by atoms with van der Waals surface area (Å²) in [6.07, 6.45) is 0.792. The minimum absolute atomic E-state index is 0.0736. The van der Waals surface area contributed by atoms with E-state index in [1.807, 2.05) is 32.9 Å².